The van der Waals surface area contributed by atoms with Gasteiger partial charge in [-0.3, -0.25) is 19.4 Å². The van der Waals surface area contributed by atoms with Gasteiger partial charge in [-0.05, 0) is 75.6 Å². The lowest BCUT2D eigenvalue weighted by Gasteiger charge is -2.38. The number of aliphatic hydroxyl groups is 1. The number of nitrogens with zero attached hydrogens (tertiary/aromatic N) is 4. The SMILES string of the molecule is CN(C)CCCNC(=O)[C@@H]1[C@@H](CO)[C@@H]2Cn3c(ccc(-c4ccncc4)c3=O)[C@H]1N2C(=O)CC1CC1. The summed E-state index contributed by atoms with van der Waals surface area (Å²) in [7, 11) is 3.98. The zero-order valence-electron chi connectivity index (χ0n) is 21.0. The molecule has 4 atom stereocenters. The fourth-order valence-electron chi connectivity index (χ4n) is 5.90. The number of aromatic nitrogens is 2. The monoisotopic (exact) mass is 493 g/mol. The molecule has 2 aliphatic heterocycles. The summed E-state index contributed by atoms with van der Waals surface area (Å²) in [6.07, 6.45) is 6.68. The molecule has 9 nitrogen and oxygen atoms in total. The molecule has 0 radical (unpaired) electrons. The summed E-state index contributed by atoms with van der Waals surface area (Å²) < 4.78 is 1.72. The quantitative estimate of drug-likeness (QED) is 0.510. The maximum atomic E-state index is 13.6. The van der Waals surface area contributed by atoms with Gasteiger partial charge in [0, 0.05) is 55.7 Å². The minimum absolute atomic E-state index is 0.0192. The van der Waals surface area contributed by atoms with Crippen molar-refractivity contribution in [2.75, 3.05) is 33.8 Å². The van der Waals surface area contributed by atoms with Gasteiger partial charge in [0.25, 0.3) is 5.56 Å². The van der Waals surface area contributed by atoms with Gasteiger partial charge in [0.1, 0.15) is 0 Å². The molecule has 1 saturated heterocycles. The van der Waals surface area contributed by atoms with E-state index < -0.39 is 23.9 Å². The van der Waals surface area contributed by atoms with Crippen LogP contribution in [0.15, 0.2) is 41.5 Å². The molecule has 36 heavy (non-hydrogen) atoms. The van der Waals surface area contributed by atoms with Crippen molar-refractivity contribution < 1.29 is 14.7 Å². The summed E-state index contributed by atoms with van der Waals surface area (Å²) in [4.78, 5) is 48.5. The predicted octanol–water partition coefficient (Wildman–Crippen LogP) is 1.27. The van der Waals surface area contributed by atoms with Crippen LogP contribution in [0.3, 0.4) is 0 Å². The maximum Gasteiger partial charge on any atom is 0.258 e. The second-order valence-corrected chi connectivity index (χ2v) is 10.6. The largest absolute Gasteiger partial charge is 0.396 e. The molecule has 2 N–H and O–H groups in total. The molecule has 9 heteroatoms. The lowest BCUT2D eigenvalue weighted by molar-refractivity contribution is -0.137. The van der Waals surface area contributed by atoms with Crippen LogP contribution in [0.1, 0.15) is 37.4 Å². The molecule has 2 fully saturated rings. The van der Waals surface area contributed by atoms with Gasteiger partial charge in [0.15, 0.2) is 0 Å². The van der Waals surface area contributed by atoms with Gasteiger partial charge in [-0.25, -0.2) is 0 Å². The normalized spacial score (nSPS) is 24.6. The molecular weight excluding hydrogens is 458 g/mol. The molecule has 1 saturated carbocycles. The first-order valence-electron chi connectivity index (χ1n) is 12.9. The third kappa shape index (κ3) is 4.57. The first-order valence-corrected chi connectivity index (χ1v) is 12.9. The fraction of sp³-hybridized carbons (Fsp3) is 0.556. The van der Waals surface area contributed by atoms with Crippen LogP contribution in [0, 0.1) is 17.8 Å². The minimum atomic E-state index is -0.609. The van der Waals surface area contributed by atoms with E-state index in [4.69, 9.17) is 0 Å². The van der Waals surface area contributed by atoms with Crippen molar-refractivity contribution >= 4 is 11.8 Å². The van der Waals surface area contributed by atoms with Gasteiger partial charge >= 0.3 is 0 Å². The minimum Gasteiger partial charge on any atom is -0.396 e. The number of hydrogen-bond donors (Lipinski definition) is 2. The number of pyridine rings is 2. The Morgan fingerprint density at radius 1 is 1.17 bits per heavy atom. The average Bonchev–Trinajstić information content (AvgIpc) is 3.64. The van der Waals surface area contributed by atoms with Crippen LogP contribution >= 0.6 is 0 Å². The van der Waals surface area contributed by atoms with Gasteiger partial charge in [-0.15, -0.1) is 0 Å². The van der Waals surface area contributed by atoms with E-state index in [-0.39, 0.29) is 30.5 Å². The molecular formula is C27H35N5O4. The van der Waals surface area contributed by atoms with Crippen molar-refractivity contribution in [3.05, 3.63) is 52.7 Å². The molecule has 2 bridgehead atoms. The highest BCUT2D eigenvalue weighted by Crippen LogP contribution is 2.49. The van der Waals surface area contributed by atoms with Gasteiger partial charge in [-0.1, -0.05) is 0 Å². The van der Waals surface area contributed by atoms with Gasteiger partial charge in [0.2, 0.25) is 11.8 Å². The number of carbonyl (C=O) groups excluding carboxylic acids is 2. The molecule has 4 heterocycles. The number of amides is 2. The van der Waals surface area contributed by atoms with Crippen molar-refractivity contribution in [2.24, 2.45) is 17.8 Å². The van der Waals surface area contributed by atoms with Crippen LogP contribution in [0.25, 0.3) is 11.1 Å². The molecule has 1 aliphatic carbocycles. The van der Waals surface area contributed by atoms with Crippen LogP contribution in [0.5, 0.6) is 0 Å². The number of rotatable bonds is 9. The van der Waals surface area contributed by atoms with E-state index in [2.05, 4.69) is 15.2 Å². The number of nitrogens with one attached hydrogen (secondary N) is 1. The van der Waals surface area contributed by atoms with Crippen molar-refractivity contribution in [3.8, 4) is 11.1 Å². The highest BCUT2D eigenvalue weighted by atomic mass is 16.3. The van der Waals surface area contributed by atoms with Crippen molar-refractivity contribution in [1.82, 2.24) is 24.7 Å². The molecule has 0 aromatic carbocycles. The molecule has 2 aromatic heterocycles. The zero-order chi connectivity index (χ0) is 25.4. The summed E-state index contributed by atoms with van der Waals surface area (Å²) in [5, 5.41) is 13.5. The predicted molar refractivity (Wildman–Crippen MR) is 135 cm³/mol. The van der Waals surface area contributed by atoms with E-state index in [1.165, 1.54) is 0 Å². The van der Waals surface area contributed by atoms with Crippen LogP contribution in [0.4, 0.5) is 0 Å². The van der Waals surface area contributed by atoms with Crippen molar-refractivity contribution in [3.63, 3.8) is 0 Å². The van der Waals surface area contributed by atoms with Crippen molar-refractivity contribution in [1.29, 1.82) is 0 Å². The van der Waals surface area contributed by atoms with Crippen LogP contribution < -0.4 is 10.9 Å². The Hall–Kier alpha value is -3.04. The van der Waals surface area contributed by atoms with E-state index in [0.29, 0.717) is 30.1 Å². The van der Waals surface area contributed by atoms with Gasteiger partial charge in [-0.2, -0.15) is 0 Å². The first-order chi connectivity index (χ1) is 17.4. The van der Waals surface area contributed by atoms with E-state index in [9.17, 15) is 19.5 Å². The summed E-state index contributed by atoms with van der Waals surface area (Å²) in [5.41, 5.74) is 1.86. The Balaban J connectivity index is 1.51. The Bertz CT molecular complexity index is 1180. The molecule has 0 spiro atoms. The fourth-order valence-corrected chi connectivity index (χ4v) is 5.90. The van der Waals surface area contributed by atoms with E-state index in [1.54, 1.807) is 35.2 Å². The number of carbonyl (C=O) groups is 2. The lowest BCUT2D eigenvalue weighted by atomic mass is 9.86. The number of aliphatic hydroxyl groups excluding tert-OH is 1. The lowest BCUT2D eigenvalue weighted by Crippen LogP contribution is -2.49. The molecule has 5 rings (SSSR count). The Morgan fingerprint density at radius 3 is 2.58 bits per heavy atom. The summed E-state index contributed by atoms with van der Waals surface area (Å²) in [6.45, 7) is 1.43. The molecule has 3 aliphatic rings. The van der Waals surface area contributed by atoms with E-state index in [1.807, 2.05) is 25.1 Å². The first kappa shape index (κ1) is 24.6. The summed E-state index contributed by atoms with van der Waals surface area (Å²) in [5.74, 6) is -0.784. The molecule has 0 unspecified atom stereocenters. The smallest absolute Gasteiger partial charge is 0.258 e. The Labute approximate surface area is 211 Å². The topological polar surface area (TPSA) is 108 Å². The Morgan fingerprint density at radius 2 is 1.92 bits per heavy atom. The highest BCUT2D eigenvalue weighted by Gasteiger charge is 2.57. The third-order valence-corrected chi connectivity index (χ3v) is 7.87. The molecule has 192 valence electrons. The van der Waals surface area contributed by atoms with Crippen molar-refractivity contribution in [2.45, 2.75) is 44.3 Å². The van der Waals surface area contributed by atoms with Crippen LogP contribution in [-0.4, -0.2) is 76.1 Å². The molecule has 2 amide bonds. The highest BCUT2D eigenvalue weighted by molar-refractivity contribution is 5.84. The second-order valence-electron chi connectivity index (χ2n) is 10.6. The van der Waals surface area contributed by atoms with E-state index >= 15 is 0 Å². The average molecular weight is 494 g/mol. The van der Waals surface area contributed by atoms with E-state index in [0.717, 1.165) is 31.4 Å². The second kappa shape index (κ2) is 10.1. The maximum absolute atomic E-state index is 13.6. The molecule has 2 aromatic rings. The number of fused-ring (bicyclic) bond motifs is 4. The summed E-state index contributed by atoms with van der Waals surface area (Å²) >= 11 is 0. The zero-order valence-corrected chi connectivity index (χ0v) is 21.0. The van der Waals surface area contributed by atoms with Crippen LogP contribution in [0.2, 0.25) is 0 Å². The Kier molecular flexibility index (Phi) is 6.94. The standard InChI is InChI=1S/C27H35N5O4/c1-30(2)13-3-10-29-26(35)24-20(16-33)22-15-31-21(25(24)32(22)23(34)14-17-4-5-17)7-6-19(27(31)36)18-8-11-28-12-9-18/h6-9,11-12,17,20,22,24-25,33H,3-5,10,13-16H2,1-2H3,(H,29,35)/t20-,22-,24+,25+/m0/s1. The third-order valence-electron chi connectivity index (χ3n) is 7.87. The van der Waals surface area contributed by atoms with Crippen LogP contribution in [-0.2, 0) is 16.1 Å². The van der Waals surface area contributed by atoms with Gasteiger partial charge < -0.3 is 24.8 Å². The van der Waals surface area contributed by atoms with Gasteiger partial charge in [0.05, 0.1) is 18.0 Å². The summed E-state index contributed by atoms with van der Waals surface area (Å²) in [6, 6.07) is 6.29. The number of hydrogen-bond acceptors (Lipinski definition) is 6.